The van der Waals surface area contributed by atoms with Gasteiger partial charge >= 0.3 is 0 Å². The molecule has 0 radical (unpaired) electrons. The molecule has 3 unspecified atom stereocenters. The number of nitrogens with zero attached hydrogens (tertiary/aromatic N) is 1. The molecule has 1 heterocycles. The van der Waals surface area contributed by atoms with Gasteiger partial charge in [0.15, 0.2) is 5.70 Å². The molecular formula is C22H23ClN2O. The number of carbonyl (C=O) groups excluding carboxylic acids is 1. The van der Waals surface area contributed by atoms with Crippen LogP contribution in [0.4, 0.5) is 5.69 Å². The first-order valence-corrected chi connectivity index (χ1v) is 9.38. The van der Waals surface area contributed by atoms with Gasteiger partial charge in [-0.1, -0.05) is 52.0 Å². The van der Waals surface area contributed by atoms with Gasteiger partial charge in [0.05, 0.1) is 12.0 Å². The van der Waals surface area contributed by atoms with Crippen molar-refractivity contribution in [2.45, 2.75) is 44.9 Å². The van der Waals surface area contributed by atoms with E-state index in [9.17, 15) is 4.79 Å². The summed E-state index contributed by atoms with van der Waals surface area (Å²) < 4.78 is 0. The van der Waals surface area contributed by atoms with Crippen LogP contribution in [0.2, 0.25) is 0 Å². The van der Waals surface area contributed by atoms with Crippen LogP contribution < -0.4 is 5.32 Å². The Kier molecular flexibility index (Phi) is 3.21. The molecule has 1 spiro atoms. The van der Waals surface area contributed by atoms with Crippen molar-refractivity contribution >= 4 is 23.2 Å². The zero-order chi connectivity index (χ0) is 19.1. The maximum Gasteiger partial charge on any atom is 0.238 e. The summed E-state index contributed by atoms with van der Waals surface area (Å²) >= 11 is 6.79. The van der Waals surface area contributed by atoms with Crippen LogP contribution in [0.25, 0.3) is 4.85 Å². The molecule has 1 amide bonds. The number of rotatable bonds is 1. The highest BCUT2D eigenvalue weighted by atomic mass is 35.5. The number of alkyl halides is 1. The molecule has 3 nitrogen and oxygen atoms in total. The summed E-state index contributed by atoms with van der Waals surface area (Å²) in [5.74, 6) is -0.0308. The van der Waals surface area contributed by atoms with Crippen molar-refractivity contribution in [3.05, 3.63) is 65.2 Å². The highest BCUT2D eigenvalue weighted by Gasteiger charge is 2.78. The highest BCUT2D eigenvalue weighted by Crippen LogP contribution is 2.79. The zero-order valence-corrected chi connectivity index (χ0v) is 16.4. The molecule has 1 fully saturated rings. The van der Waals surface area contributed by atoms with Crippen LogP contribution in [-0.2, 0) is 10.2 Å². The molecule has 1 saturated carbocycles. The third-order valence-electron chi connectivity index (χ3n) is 7.68. The number of carbonyl (C=O) groups is 1. The van der Waals surface area contributed by atoms with E-state index in [2.05, 4.69) is 37.5 Å². The molecule has 1 aromatic carbocycles. The summed E-state index contributed by atoms with van der Waals surface area (Å²) in [4.78, 5) is 17.3. The number of hydrogen-bond acceptors (Lipinski definition) is 1. The fourth-order valence-electron chi connectivity index (χ4n) is 5.70. The molecule has 1 aromatic rings. The van der Waals surface area contributed by atoms with Gasteiger partial charge in [0.1, 0.15) is 0 Å². The summed E-state index contributed by atoms with van der Waals surface area (Å²) in [6.45, 7) is 20.3. The third kappa shape index (κ3) is 1.47. The van der Waals surface area contributed by atoms with E-state index in [4.69, 9.17) is 18.2 Å². The Morgan fingerprint density at radius 2 is 1.96 bits per heavy atom. The Morgan fingerprint density at radius 1 is 1.31 bits per heavy atom. The molecule has 4 heteroatoms. The van der Waals surface area contributed by atoms with Crippen LogP contribution in [0.15, 0.2) is 48.2 Å². The molecular weight excluding hydrogens is 344 g/mol. The number of halogens is 1. The molecule has 0 saturated heterocycles. The number of anilines is 1. The number of fused-ring (bicyclic) bond motifs is 4. The van der Waals surface area contributed by atoms with E-state index in [-0.39, 0.29) is 22.1 Å². The largest absolute Gasteiger partial charge is 0.325 e. The standard InChI is InChI=1S/C22H23ClN2O/c1-7-20(4)15(23)12-21(5)16(17(20)24-6)22(19(21,2)3)13-10-8-9-11-14(13)25-18(22)26/h7-11,15H,1,12H2,2-5H3,(H,25,26)/t15?,20?,21?,22-/m1/s1. The maximum absolute atomic E-state index is 13.4. The second kappa shape index (κ2) is 4.81. The van der Waals surface area contributed by atoms with E-state index in [1.807, 2.05) is 31.2 Å². The SMILES string of the molecule is [C-]#[N+]C1=C2C(C)(CC(Cl)C1(C)C=C)C(C)(C)[C@@]21C(=O)Nc2ccccc21. The first-order valence-electron chi connectivity index (χ1n) is 8.94. The van der Waals surface area contributed by atoms with Crippen molar-refractivity contribution < 1.29 is 4.79 Å². The summed E-state index contributed by atoms with van der Waals surface area (Å²) in [5, 5.41) is 2.83. The van der Waals surface area contributed by atoms with Gasteiger partial charge in [0, 0.05) is 16.5 Å². The van der Waals surface area contributed by atoms with Gasteiger partial charge in [-0.3, -0.25) is 4.79 Å². The van der Waals surface area contributed by atoms with E-state index in [1.54, 1.807) is 6.08 Å². The predicted molar refractivity (Wildman–Crippen MR) is 105 cm³/mol. The smallest absolute Gasteiger partial charge is 0.238 e. The second-order valence-corrected chi connectivity index (χ2v) is 9.23. The fraction of sp³-hybridized carbons (Fsp3) is 0.455. The number of nitrogens with one attached hydrogen (secondary N) is 1. The van der Waals surface area contributed by atoms with E-state index in [0.29, 0.717) is 5.70 Å². The Hall–Kier alpha value is -2.05. The number of hydrogen-bond donors (Lipinski definition) is 1. The zero-order valence-electron chi connectivity index (χ0n) is 15.6. The van der Waals surface area contributed by atoms with Gasteiger partial charge in [-0.25, -0.2) is 4.85 Å². The lowest BCUT2D eigenvalue weighted by atomic mass is 9.30. The monoisotopic (exact) mass is 366 g/mol. The summed E-state index contributed by atoms with van der Waals surface area (Å²) in [6.07, 6.45) is 2.50. The van der Waals surface area contributed by atoms with Crippen LogP contribution in [0, 0.1) is 22.8 Å². The van der Waals surface area contributed by atoms with Gasteiger partial charge in [-0.2, -0.15) is 0 Å². The average Bonchev–Trinajstić information content (AvgIpc) is 2.91. The molecule has 1 aliphatic heterocycles. The van der Waals surface area contributed by atoms with E-state index in [0.717, 1.165) is 23.2 Å². The molecule has 4 atom stereocenters. The predicted octanol–water partition coefficient (Wildman–Crippen LogP) is 5.30. The lowest BCUT2D eigenvalue weighted by Gasteiger charge is -2.71. The summed E-state index contributed by atoms with van der Waals surface area (Å²) in [6, 6.07) is 7.84. The molecule has 1 N–H and O–H groups in total. The van der Waals surface area contributed by atoms with Gasteiger partial charge < -0.3 is 5.32 Å². The van der Waals surface area contributed by atoms with E-state index < -0.39 is 10.8 Å². The fourth-order valence-corrected chi connectivity index (χ4v) is 6.20. The Bertz CT molecular complexity index is 940. The average molecular weight is 367 g/mol. The van der Waals surface area contributed by atoms with Crippen molar-refractivity contribution in [1.82, 2.24) is 0 Å². The van der Waals surface area contributed by atoms with Crippen molar-refractivity contribution in [3.8, 4) is 0 Å². The van der Waals surface area contributed by atoms with Crippen molar-refractivity contribution in [2.24, 2.45) is 16.2 Å². The van der Waals surface area contributed by atoms with E-state index >= 15 is 0 Å². The maximum atomic E-state index is 13.4. The Labute approximate surface area is 159 Å². The molecule has 0 bridgehead atoms. The van der Waals surface area contributed by atoms with Gasteiger partial charge in [-0.05, 0) is 34.5 Å². The number of allylic oxidation sites excluding steroid dienone is 1. The van der Waals surface area contributed by atoms with Crippen LogP contribution in [0.3, 0.4) is 0 Å². The number of para-hydroxylation sites is 1. The third-order valence-corrected chi connectivity index (χ3v) is 8.29. The molecule has 134 valence electrons. The minimum atomic E-state index is -0.820. The molecule has 3 aliphatic rings. The Morgan fingerprint density at radius 3 is 2.58 bits per heavy atom. The van der Waals surface area contributed by atoms with Crippen molar-refractivity contribution in [1.29, 1.82) is 0 Å². The van der Waals surface area contributed by atoms with Crippen LogP contribution in [0.5, 0.6) is 0 Å². The second-order valence-electron chi connectivity index (χ2n) is 8.70. The lowest BCUT2D eigenvalue weighted by Crippen LogP contribution is -2.72. The molecule has 2 aliphatic carbocycles. The quantitative estimate of drug-likeness (QED) is 0.408. The molecule has 26 heavy (non-hydrogen) atoms. The minimum Gasteiger partial charge on any atom is -0.325 e. The van der Waals surface area contributed by atoms with Crippen LogP contribution in [0.1, 0.15) is 39.7 Å². The van der Waals surface area contributed by atoms with Gasteiger partial charge in [0.2, 0.25) is 5.91 Å². The number of amides is 1. The minimum absolute atomic E-state index is 0.0308. The lowest BCUT2D eigenvalue weighted by molar-refractivity contribution is -0.141. The molecule has 4 rings (SSSR count). The van der Waals surface area contributed by atoms with Crippen molar-refractivity contribution in [2.75, 3.05) is 5.32 Å². The van der Waals surface area contributed by atoms with Gasteiger partial charge in [0.25, 0.3) is 0 Å². The number of benzene rings is 1. The molecule has 0 aromatic heterocycles. The van der Waals surface area contributed by atoms with Crippen molar-refractivity contribution in [3.63, 3.8) is 0 Å². The van der Waals surface area contributed by atoms with Crippen LogP contribution in [-0.4, -0.2) is 11.3 Å². The Balaban J connectivity index is 2.14. The first-order chi connectivity index (χ1) is 12.1. The first kappa shape index (κ1) is 17.4. The highest BCUT2D eigenvalue weighted by molar-refractivity contribution is 6.22. The van der Waals surface area contributed by atoms with Crippen LogP contribution >= 0.6 is 11.6 Å². The van der Waals surface area contributed by atoms with E-state index in [1.165, 1.54) is 0 Å². The summed E-state index contributed by atoms with van der Waals surface area (Å²) in [5.41, 5.74) is 1.22. The van der Waals surface area contributed by atoms with Gasteiger partial charge in [-0.15, -0.1) is 18.2 Å². The normalized spacial score (nSPS) is 39.5. The summed E-state index contributed by atoms with van der Waals surface area (Å²) in [7, 11) is 0. The topological polar surface area (TPSA) is 33.5 Å².